The first-order chi connectivity index (χ1) is 11.2. The molecule has 2 aromatic rings. The number of nitrogens with zero attached hydrogens (tertiary/aromatic N) is 5. The van der Waals surface area contributed by atoms with Crippen LogP contribution in [0.5, 0.6) is 0 Å². The fourth-order valence-corrected chi connectivity index (χ4v) is 3.01. The van der Waals surface area contributed by atoms with Crippen LogP contribution >= 0.6 is 0 Å². The molecular formula is C16H22N6O. The minimum Gasteiger partial charge on any atom is -0.354 e. The Balaban J connectivity index is 1.50. The van der Waals surface area contributed by atoms with Crippen LogP contribution in [0.1, 0.15) is 31.1 Å². The van der Waals surface area contributed by atoms with Gasteiger partial charge in [-0.15, -0.1) is 0 Å². The van der Waals surface area contributed by atoms with Crippen LogP contribution < -0.4 is 5.32 Å². The van der Waals surface area contributed by atoms with Crippen molar-refractivity contribution < 1.29 is 4.79 Å². The minimum absolute atomic E-state index is 0.177. The number of aromatic nitrogens is 4. The summed E-state index contributed by atoms with van der Waals surface area (Å²) in [6, 6.07) is 2.10. The number of carbonyl (C=O) groups excluding carboxylic acids is 1. The SMILES string of the molecule is Cc1nccn1C1CCCN(C(=O)CCNc2ncccn2)C1. The molecule has 1 aliphatic rings. The van der Waals surface area contributed by atoms with E-state index in [0.29, 0.717) is 25.0 Å². The maximum absolute atomic E-state index is 12.4. The largest absolute Gasteiger partial charge is 0.354 e. The van der Waals surface area contributed by atoms with E-state index >= 15 is 0 Å². The van der Waals surface area contributed by atoms with Gasteiger partial charge in [0.25, 0.3) is 0 Å². The summed E-state index contributed by atoms with van der Waals surface area (Å²) in [5, 5.41) is 3.08. The van der Waals surface area contributed by atoms with Crippen molar-refractivity contribution in [3.63, 3.8) is 0 Å². The number of piperidine rings is 1. The lowest BCUT2D eigenvalue weighted by Gasteiger charge is -2.34. The molecular weight excluding hydrogens is 292 g/mol. The quantitative estimate of drug-likeness (QED) is 0.908. The Labute approximate surface area is 135 Å². The van der Waals surface area contributed by atoms with Crippen LogP contribution in [0.25, 0.3) is 0 Å². The molecule has 122 valence electrons. The van der Waals surface area contributed by atoms with Crippen LogP contribution in [0.4, 0.5) is 5.95 Å². The zero-order valence-electron chi connectivity index (χ0n) is 13.4. The summed E-state index contributed by atoms with van der Waals surface area (Å²) in [6.45, 7) is 4.15. The Bertz CT molecular complexity index is 641. The van der Waals surface area contributed by atoms with Gasteiger partial charge in [-0.2, -0.15) is 0 Å². The van der Waals surface area contributed by atoms with Crippen LogP contribution in [0.3, 0.4) is 0 Å². The molecule has 0 aromatic carbocycles. The van der Waals surface area contributed by atoms with Gasteiger partial charge in [0.1, 0.15) is 5.82 Å². The molecule has 2 aromatic heterocycles. The van der Waals surface area contributed by atoms with Gasteiger partial charge in [-0.05, 0) is 25.8 Å². The van der Waals surface area contributed by atoms with Gasteiger partial charge in [0.15, 0.2) is 0 Å². The first kappa shape index (κ1) is 15.5. The highest BCUT2D eigenvalue weighted by Gasteiger charge is 2.24. The molecule has 7 nitrogen and oxygen atoms in total. The standard InChI is InChI=1S/C16H22N6O/c1-13-17-9-11-22(13)14-4-2-10-21(12-14)15(23)5-8-20-16-18-6-3-7-19-16/h3,6-7,9,11,14H,2,4-5,8,10,12H2,1H3,(H,18,19,20). The number of imidazole rings is 1. The number of likely N-dealkylation sites (tertiary alicyclic amines) is 1. The van der Waals surface area contributed by atoms with Crippen molar-refractivity contribution in [3.8, 4) is 0 Å². The van der Waals surface area contributed by atoms with Crippen molar-refractivity contribution in [2.45, 2.75) is 32.2 Å². The monoisotopic (exact) mass is 314 g/mol. The molecule has 1 N–H and O–H groups in total. The summed E-state index contributed by atoms with van der Waals surface area (Å²) in [7, 11) is 0. The van der Waals surface area contributed by atoms with E-state index in [9.17, 15) is 4.79 Å². The fraction of sp³-hybridized carbons (Fsp3) is 0.500. The Morgan fingerprint density at radius 1 is 1.30 bits per heavy atom. The number of aryl methyl sites for hydroxylation is 1. The van der Waals surface area contributed by atoms with Crippen molar-refractivity contribution in [3.05, 3.63) is 36.7 Å². The average Bonchev–Trinajstić information content (AvgIpc) is 3.02. The summed E-state index contributed by atoms with van der Waals surface area (Å²) in [4.78, 5) is 26.8. The molecule has 1 aliphatic heterocycles. The van der Waals surface area contributed by atoms with Crippen LogP contribution in [-0.2, 0) is 4.79 Å². The second kappa shape index (κ2) is 7.21. The van der Waals surface area contributed by atoms with Gasteiger partial charge in [-0.25, -0.2) is 15.0 Å². The van der Waals surface area contributed by atoms with E-state index in [4.69, 9.17) is 0 Å². The summed E-state index contributed by atoms with van der Waals surface area (Å²) >= 11 is 0. The zero-order chi connectivity index (χ0) is 16.1. The lowest BCUT2D eigenvalue weighted by Crippen LogP contribution is -2.41. The number of amides is 1. The molecule has 0 saturated carbocycles. The van der Waals surface area contributed by atoms with Gasteiger partial charge < -0.3 is 14.8 Å². The molecule has 0 spiro atoms. The second-order valence-corrected chi connectivity index (χ2v) is 5.77. The summed E-state index contributed by atoms with van der Waals surface area (Å²) in [6.07, 6.45) is 9.76. The highest BCUT2D eigenvalue weighted by Crippen LogP contribution is 2.23. The fourth-order valence-electron chi connectivity index (χ4n) is 3.01. The van der Waals surface area contributed by atoms with E-state index in [1.54, 1.807) is 18.5 Å². The summed E-state index contributed by atoms with van der Waals surface area (Å²) < 4.78 is 2.18. The van der Waals surface area contributed by atoms with Crippen molar-refractivity contribution in [2.75, 3.05) is 25.0 Å². The number of hydrogen-bond donors (Lipinski definition) is 1. The second-order valence-electron chi connectivity index (χ2n) is 5.77. The lowest BCUT2D eigenvalue weighted by molar-refractivity contribution is -0.132. The van der Waals surface area contributed by atoms with E-state index < -0.39 is 0 Å². The van der Waals surface area contributed by atoms with Gasteiger partial charge >= 0.3 is 0 Å². The predicted molar refractivity (Wildman–Crippen MR) is 87.0 cm³/mol. The van der Waals surface area contributed by atoms with Crippen molar-refractivity contribution in [1.82, 2.24) is 24.4 Å². The molecule has 1 amide bonds. The maximum Gasteiger partial charge on any atom is 0.224 e. The van der Waals surface area contributed by atoms with Crippen molar-refractivity contribution >= 4 is 11.9 Å². The number of rotatable bonds is 5. The first-order valence-corrected chi connectivity index (χ1v) is 8.02. The third kappa shape index (κ3) is 3.85. The molecule has 1 fully saturated rings. The molecule has 0 aliphatic carbocycles. The Morgan fingerprint density at radius 2 is 2.13 bits per heavy atom. The van der Waals surface area contributed by atoms with E-state index in [2.05, 4.69) is 24.8 Å². The third-order valence-corrected chi connectivity index (χ3v) is 4.19. The minimum atomic E-state index is 0.177. The smallest absolute Gasteiger partial charge is 0.224 e. The van der Waals surface area contributed by atoms with E-state index in [-0.39, 0.29) is 5.91 Å². The van der Waals surface area contributed by atoms with Crippen molar-refractivity contribution in [1.29, 1.82) is 0 Å². The topological polar surface area (TPSA) is 75.9 Å². The highest BCUT2D eigenvalue weighted by molar-refractivity contribution is 5.76. The molecule has 0 radical (unpaired) electrons. The summed E-state index contributed by atoms with van der Waals surface area (Å²) in [5.41, 5.74) is 0. The van der Waals surface area contributed by atoms with Gasteiger partial charge in [0.2, 0.25) is 11.9 Å². The molecule has 1 atom stereocenters. The zero-order valence-corrected chi connectivity index (χ0v) is 13.4. The summed E-state index contributed by atoms with van der Waals surface area (Å²) in [5.74, 6) is 1.74. The average molecular weight is 314 g/mol. The van der Waals surface area contributed by atoms with E-state index in [1.165, 1.54) is 0 Å². The molecule has 3 rings (SSSR count). The van der Waals surface area contributed by atoms with Crippen LogP contribution in [0.15, 0.2) is 30.9 Å². The number of nitrogens with one attached hydrogen (secondary N) is 1. The van der Waals surface area contributed by atoms with Crippen LogP contribution in [0.2, 0.25) is 0 Å². The molecule has 1 saturated heterocycles. The van der Waals surface area contributed by atoms with Crippen LogP contribution in [-0.4, -0.2) is 50.0 Å². The third-order valence-electron chi connectivity index (χ3n) is 4.19. The van der Waals surface area contributed by atoms with Gasteiger partial charge in [-0.1, -0.05) is 0 Å². The van der Waals surface area contributed by atoms with Gasteiger partial charge in [0.05, 0.1) is 6.04 Å². The number of anilines is 1. The van der Waals surface area contributed by atoms with Gasteiger partial charge in [-0.3, -0.25) is 4.79 Å². The van der Waals surface area contributed by atoms with E-state index in [0.717, 1.165) is 31.8 Å². The highest BCUT2D eigenvalue weighted by atomic mass is 16.2. The molecule has 3 heterocycles. The number of hydrogen-bond acceptors (Lipinski definition) is 5. The maximum atomic E-state index is 12.4. The Kier molecular flexibility index (Phi) is 4.85. The van der Waals surface area contributed by atoms with E-state index in [1.807, 2.05) is 24.2 Å². The lowest BCUT2D eigenvalue weighted by atomic mass is 10.0. The molecule has 1 unspecified atom stereocenters. The Hall–Kier alpha value is -2.44. The first-order valence-electron chi connectivity index (χ1n) is 8.02. The normalized spacial score (nSPS) is 18.0. The molecule has 0 bridgehead atoms. The predicted octanol–water partition coefficient (Wildman–Crippen LogP) is 1.65. The Morgan fingerprint density at radius 3 is 2.87 bits per heavy atom. The van der Waals surface area contributed by atoms with Crippen LogP contribution in [0, 0.1) is 6.92 Å². The van der Waals surface area contributed by atoms with Crippen molar-refractivity contribution in [2.24, 2.45) is 0 Å². The number of carbonyl (C=O) groups is 1. The molecule has 23 heavy (non-hydrogen) atoms. The van der Waals surface area contributed by atoms with Gasteiger partial charge in [0, 0.05) is 50.8 Å². The molecule has 7 heteroatoms.